The highest BCUT2D eigenvalue weighted by molar-refractivity contribution is 6.42. The van der Waals surface area contributed by atoms with Crippen molar-refractivity contribution in [3.05, 3.63) is 64.8 Å². The monoisotopic (exact) mass is 470 g/mol. The van der Waals surface area contributed by atoms with Crippen molar-refractivity contribution in [3.63, 3.8) is 0 Å². The van der Waals surface area contributed by atoms with Crippen molar-refractivity contribution in [1.82, 2.24) is 14.7 Å². The van der Waals surface area contributed by atoms with E-state index in [-0.39, 0.29) is 0 Å². The van der Waals surface area contributed by atoms with Crippen molar-refractivity contribution in [2.45, 2.75) is 31.3 Å². The van der Waals surface area contributed by atoms with Gasteiger partial charge in [0, 0.05) is 49.7 Å². The van der Waals surface area contributed by atoms with E-state index in [1.165, 1.54) is 18.5 Å². The molecule has 3 aromatic rings. The zero-order valence-electron chi connectivity index (χ0n) is 18.3. The molecule has 7 heteroatoms. The molecule has 0 bridgehead atoms. The first-order valence-corrected chi connectivity index (χ1v) is 12.0. The van der Waals surface area contributed by atoms with E-state index < -0.39 is 0 Å². The van der Waals surface area contributed by atoms with Crippen LogP contribution in [0.15, 0.2) is 54.7 Å². The number of piperazine rings is 1. The van der Waals surface area contributed by atoms with Crippen molar-refractivity contribution in [2.75, 3.05) is 38.2 Å². The second kappa shape index (κ2) is 9.34. The summed E-state index contributed by atoms with van der Waals surface area (Å²) in [5.74, 6) is 0.908. The largest absolute Gasteiger partial charge is 0.497 e. The van der Waals surface area contributed by atoms with E-state index in [1.54, 1.807) is 7.11 Å². The van der Waals surface area contributed by atoms with Gasteiger partial charge < -0.3 is 9.64 Å². The number of benzene rings is 2. The molecular formula is C25H28Cl2N4O. The molecule has 5 rings (SSSR count). The molecule has 1 saturated heterocycles. The Hall–Kier alpha value is -2.21. The van der Waals surface area contributed by atoms with Crippen LogP contribution in [0.3, 0.4) is 0 Å². The van der Waals surface area contributed by atoms with Gasteiger partial charge in [0.25, 0.3) is 0 Å². The van der Waals surface area contributed by atoms with Gasteiger partial charge in [-0.2, -0.15) is 5.10 Å². The van der Waals surface area contributed by atoms with E-state index in [9.17, 15) is 0 Å². The van der Waals surface area contributed by atoms with Crippen molar-refractivity contribution >= 4 is 28.9 Å². The fourth-order valence-electron chi connectivity index (χ4n) is 5.00. The number of rotatable bonds is 5. The fourth-order valence-corrected chi connectivity index (χ4v) is 5.29. The quantitative estimate of drug-likeness (QED) is 0.472. The van der Waals surface area contributed by atoms with Crippen LogP contribution in [0.4, 0.5) is 5.69 Å². The number of halogens is 2. The third-order valence-corrected chi connectivity index (χ3v) is 7.58. The molecular weight excluding hydrogens is 443 g/mol. The smallest absolute Gasteiger partial charge is 0.119 e. The number of anilines is 1. The standard InChI is InChI=1S/C25H28Cl2N4O/c1-32-22-7-5-19(6-8-22)29-12-14-30(15-13-29)20-3-4-21(17-20)31-11-10-25(28-31)18-2-9-23(26)24(27)16-18/h2,5-11,16,20-21H,3-4,12-15,17H2,1H3/t20-,21+/m0/s1. The summed E-state index contributed by atoms with van der Waals surface area (Å²) in [4.78, 5) is 5.14. The molecule has 2 fully saturated rings. The SMILES string of the molecule is COc1ccc(N2CCN([C@H]3CC[C@@H](n4ccc(-c5ccc(Cl)c(Cl)c5)n4)C3)CC2)cc1. The lowest BCUT2D eigenvalue weighted by atomic mass is 10.1. The molecule has 1 aromatic heterocycles. The molecule has 168 valence electrons. The molecule has 0 amide bonds. The van der Waals surface area contributed by atoms with Crippen LogP contribution < -0.4 is 9.64 Å². The van der Waals surface area contributed by atoms with Crippen LogP contribution in [0.5, 0.6) is 5.75 Å². The maximum Gasteiger partial charge on any atom is 0.119 e. The zero-order chi connectivity index (χ0) is 22.1. The summed E-state index contributed by atoms with van der Waals surface area (Å²) in [7, 11) is 1.71. The van der Waals surface area contributed by atoms with Gasteiger partial charge in [-0.05, 0) is 61.7 Å². The molecule has 0 N–H and O–H groups in total. The van der Waals surface area contributed by atoms with Crippen molar-refractivity contribution in [1.29, 1.82) is 0 Å². The van der Waals surface area contributed by atoms with Gasteiger partial charge in [0.1, 0.15) is 5.75 Å². The Labute approximate surface area is 199 Å². The normalized spacial score (nSPS) is 21.8. The second-order valence-corrected chi connectivity index (χ2v) is 9.47. The van der Waals surface area contributed by atoms with Crippen LogP contribution in [0.2, 0.25) is 10.0 Å². The third kappa shape index (κ3) is 4.47. The minimum absolute atomic E-state index is 0.455. The first-order chi connectivity index (χ1) is 15.6. The predicted octanol–water partition coefficient (Wildman–Crippen LogP) is 5.78. The van der Waals surface area contributed by atoms with E-state index in [1.807, 2.05) is 30.3 Å². The van der Waals surface area contributed by atoms with E-state index in [0.717, 1.165) is 49.6 Å². The van der Waals surface area contributed by atoms with E-state index in [0.29, 0.717) is 22.1 Å². The molecule has 0 radical (unpaired) electrons. The Kier molecular flexibility index (Phi) is 6.31. The number of hydrogen-bond acceptors (Lipinski definition) is 4. The van der Waals surface area contributed by atoms with Crippen LogP contribution in [0.25, 0.3) is 11.3 Å². The van der Waals surface area contributed by atoms with Crippen molar-refractivity contribution < 1.29 is 4.74 Å². The van der Waals surface area contributed by atoms with Crippen molar-refractivity contribution in [2.24, 2.45) is 0 Å². The van der Waals surface area contributed by atoms with Gasteiger partial charge in [-0.3, -0.25) is 9.58 Å². The molecule has 0 spiro atoms. The van der Waals surface area contributed by atoms with Gasteiger partial charge in [-0.1, -0.05) is 29.3 Å². The Bertz CT molecular complexity index is 1060. The van der Waals surface area contributed by atoms with Crippen LogP contribution in [-0.2, 0) is 0 Å². The minimum atomic E-state index is 0.455. The number of hydrogen-bond donors (Lipinski definition) is 0. The predicted molar refractivity (Wildman–Crippen MR) is 131 cm³/mol. The molecule has 1 saturated carbocycles. The summed E-state index contributed by atoms with van der Waals surface area (Å²) < 4.78 is 7.42. The molecule has 2 heterocycles. The summed E-state index contributed by atoms with van der Waals surface area (Å²) in [5.41, 5.74) is 3.23. The van der Waals surface area contributed by atoms with Crippen molar-refractivity contribution in [3.8, 4) is 17.0 Å². The van der Waals surface area contributed by atoms with Crippen LogP contribution in [0, 0.1) is 0 Å². The highest BCUT2D eigenvalue weighted by Gasteiger charge is 2.32. The highest BCUT2D eigenvalue weighted by Crippen LogP contribution is 2.35. The number of aromatic nitrogens is 2. The number of ether oxygens (including phenoxy) is 1. The lowest BCUT2D eigenvalue weighted by molar-refractivity contribution is 0.183. The average Bonchev–Trinajstić information content (AvgIpc) is 3.51. The molecule has 2 aromatic carbocycles. The van der Waals surface area contributed by atoms with E-state index in [4.69, 9.17) is 33.0 Å². The van der Waals surface area contributed by atoms with Gasteiger partial charge in [0.2, 0.25) is 0 Å². The molecule has 5 nitrogen and oxygen atoms in total. The Morgan fingerprint density at radius 1 is 0.875 bits per heavy atom. The van der Waals surface area contributed by atoms with Crippen LogP contribution in [0.1, 0.15) is 25.3 Å². The summed E-state index contributed by atoms with van der Waals surface area (Å²) in [6, 6.07) is 17.2. The molecule has 1 aliphatic heterocycles. The Morgan fingerprint density at radius 3 is 2.34 bits per heavy atom. The second-order valence-electron chi connectivity index (χ2n) is 8.65. The topological polar surface area (TPSA) is 33.5 Å². The summed E-state index contributed by atoms with van der Waals surface area (Å²) >= 11 is 12.2. The van der Waals surface area contributed by atoms with Gasteiger partial charge >= 0.3 is 0 Å². The Balaban J connectivity index is 1.17. The first-order valence-electron chi connectivity index (χ1n) is 11.2. The average molecular weight is 471 g/mol. The lowest BCUT2D eigenvalue weighted by Gasteiger charge is -2.39. The van der Waals surface area contributed by atoms with Gasteiger partial charge in [-0.25, -0.2) is 0 Å². The maximum absolute atomic E-state index is 6.18. The summed E-state index contributed by atoms with van der Waals surface area (Å²) in [6.45, 7) is 4.35. The fraction of sp³-hybridized carbons (Fsp3) is 0.400. The molecule has 1 aliphatic carbocycles. The maximum atomic E-state index is 6.18. The minimum Gasteiger partial charge on any atom is -0.497 e. The number of nitrogens with zero attached hydrogens (tertiary/aromatic N) is 4. The molecule has 2 atom stereocenters. The number of methoxy groups -OCH3 is 1. The third-order valence-electron chi connectivity index (χ3n) is 6.84. The highest BCUT2D eigenvalue weighted by atomic mass is 35.5. The molecule has 0 unspecified atom stereocenters. The first kappa shape index (κ1) is 21.6. The zero-order valence-corrected chi connectivity index (χ0v) is 19.8. The van der Waals surface area contributed by atoms with Crippen LogP contribution >= 0.6 is 23.2 Å². The Morgan fingerprint density at radius 2 is 1.62 bits per heavy atom. The lowest BCUT2D eigenvalue weighted by Crippen LogP contribution is -2.49. The van der Waals surface area contributed by atoms with Crippen LogP contribution in [-0.4, -0.2) is 54.0 Å². The molecule has 32 heavy (non-hydrogen) atoms. The van der Waals surface area contributed by atoms with Gasteiger partial charge in [0.05, 0.1) is 28.9 Å². The summed E-state index contributed by atoms with van der Waals surface area (Å²) in [6.07, 6.45) is 5.67. The van der Waals surface area contributed by atoms with E-state index >= 15 is 0 Å². The summed E-state index contributed by atoms with van der Waals surface area (Å²) in [5, 5.41) is 5.99. The van der Waals surface area contributed by atoms with E-state index in [2.05, 4.69) is 38.9 Å². The van der Waals surface area contributed by atoms with Gasteiger partial charge in [0.15, 0.2) is 0 Å². The van der Waals surface area contributed by atoms with Gasteiger partial charge in [-0.15, -0.1) is 0 Å². The molecule has 2 aliphatic rings.